The van der Waals surface area contributed by atoms with E-state index in [4.69, 9.17) is 16.3 Å². The molecule has 0 atom stereocenters. The first kappa shape index (κ1) is 12.3. The van der Waals surface area contributed by atoms with Crippen molar-refractivity contribution >= 4 is 5.82 Å². The maximum Gasteiger partial charge on any atom is 0.268 e. The Morgan fingerprint density at radius 3 is 2.47 bits per heavy atom. The number of anilines is 1. The van der Waals surface area contributed by atoms with Gasteiger partial charge in [-0.3, -0.25) is 4.79 Å². The predicted octanol–water partition coefficient (Wildman–Crippen LogP) is 1.51. The summed E-state index contributed by atoms with van der Waals surface area (Å²) in [4.78, 5) is 13.9. The lowest BCUT2D eigenvalue weighted by Crippen LogP contribution is -2.16. The molecule has 1 aromatic carbocycles. The Morgan fingerprint density at radius 2 is 1.89 bits per heavy atom. The van der Waals surface area contributed by atoms with E-state index >= 15 is 0 Å². The van der Waals surface area contributed by atoms with Crippen molar-refractivity contribution in [3.63, 3.8) is 0 Å². The molecule has 0 saturated carbocycles. The minimum atomic E-state index is -0.710. The van der Waals surface area contributed by atoms with E-state index in [0.717, 1.165) is 6.07 Å². The Hall–Kier alpha value is -3.12. The maximum absolute atomic E-state index is 13.2. The van der Waals surface area contributed by atoms with Crippen LogP contribution in [0.3, 0.4) is 0 Å². The molecular weight excluding hydrogens is 247 g/mol. The number of hydrogen-bond acceptors (Lipinski definition) is 4. The number of halogens is 1. The van der Waals surface area contributed by atoms with Crippen molar-refractivity contribution in [2.24, 2.45) is 0 Å². The molecule has 19 heavy (non-hydrogen) atoms. The lowest BCUT2D eigenvalue weighted by Gasteiger charge is -2.08. The molecule has 0 aliphatic carbocycles. The summed E-state index contributed by atoms with van der Waals surface area (Å²) in [6.45, 7) is 0. The molecule has 1 aromatic heterocycles. The van der Waals surface area contributed by atoms with E-state index in [-0.39, 0.29) is 28.1 Å². The monoisotopic (exact) mass is 254 g/mol. The highest BCUT2D eigenvalue weighted by atomic mass is 19.1. The molecule has 92 valence electrons. The number of nitrogens with two attached hydrogens (primary N) is 1. The summed E-state index contributed by atoms with van der Waals surface area (Å²) in [5.74, 6) is -0.685. The molecular formula is C13H7FN4O. The molecule has 2 rings (SSSR count). The predicted molar refractivity (Wildman–Crippen MR) is 66.3 cm³/mol. The molecule has 3 N–H and O–H groups in total. The van der Waals surface area contributed by atoms with E-state index in [9.17, 15) is 9.18 Å². The van der Waals surface area contributed by atoms with Crippen LogP contribution in [0.5, 0.6) is 0 Å². The summed E-state index contributed by atoms with van der Waals surface area (Å²) < 4.78 is 13.2. The molecule has 5 nitrogen and oxygen atoms in total. The number of benzene rings is 1. The fraction of sp³-hybridized carbons (Fsp3) is 0. The molecule has 1 heterocycles. The molecule has 2 aromatic rings. The SMILES string of the molecule is N#Cc1c(N)[nH]c(=O)c(C#N)c1-c1cccc(F)c1. The van der Waals surface area contributed by atoms with Crippen LogP contribution < -0.4 is 11.3 Å². The van der Waals surface area contributed by atoms with Crippen LogP contribution in [0.25, 0.3) is 11.1 Å². The Morgan fingerprint density at radius 1 is 1.21 bits per heavy atom. The summed E-state index contributed by atoms with van der Waals surface area (Å²) in [7, 11) is 0. The molecule has 0 aliphatic rings. The first-order chi connectivity index (χ1) is 9.08. The zero-order valence-corrected chi connectivity index (χ0v) is 9.57. The van der Waals surface area contributed by atoms with Gasteiger partial charge < -0.3 is 10.7 Å². The van der Waals surface area contributed by atoms with Crippen LogP contribution in [0, 0.1) is 28.5 Å². The van der Waals surface area contributed by atoms with Crippen molar-refractivity contribution in [3.05, 3.63) is 51.6 Å². The largest absolute Gasteiger partial charge is 0.384 e. The first-order valence-electron chi connectivity index (χ1n) is 5.20. The van der Waals surface area contributed by atoms with E-state index in [1.807, 2.05) is 6.07 Å². The summed E-state index contributed by atoms with van der Waals surface area (Å²) >= 11 is 0. The fourth-order valence-corrected chi connectivity index (χ4v) is 1.78. The number of nitriles is 2. The Bertz CT molecular complexity index is 796. The third-order valence-corrected chi connectivity index (χ3v) is 2.58. The lowest BCUT2D eigenvalue weighted by atomic mass is 9.97. The van der Waals surface area contributed by atoms with Crippen molar-refractivity contribution in [2.75, 3.05) is 5.73 Å². The normalized spacial score (nSPS) is 9.63. The second-order valence-electron chi connectivity index (χ2n) is 3.73. The quantitative estimate of drug-likeness (QED) is 0.804. The molecule has 0 spiro atoms. The van der Waals surface area contributed by atoms with Gasteiger partial charge in [0.2, 0.25) is 0 Å². The van der Waals surface area contributed by atoms with Gasteiger partial charge >= 0.3 is 0 Å². The molecule has 0 unspecified atom stereocenters. The Labute approximate surface area is 107 Å². The number of nitrogens with zero attached hydrogens (tertiary/aromatic N) is 2. The van der Waals surface area contributed by atoms with Crippen LogP contribution in [-0.2, 0) is 0 Å². The summed E-state index contributed by atoms with van der Waals surface area (Å²) in [6, 6.07) is 8.80. The highest BCUT2D eigenvalue weighted by Crippen LogP contribution is 2.28. The molecule has 0 bridgehead atoms. The molecule has 6 heteroatoms. The van der Waals surface area contributed by atoms with E-state index in [2.05, 4.69) is 4.98 Å². The zero-order valence-electron chi connectivity index (χ0n) is 9.57. The van der Waals surface area contributed by atoms with Crippen LogP contribution in [0.1, 0.15) is 11.1 Å². The molecule has 0 radical (unpaired) electrons. The van der Waals surface area contributed by atoms with E-state index in [0.29, 0.717) is 0 Å². The van der Waals surface area contributed by atoms with E-state index in [1.165, 1.54) is 18.2 Å². The molecule has 0 fully saturated rings. The van der Waals surface area contributed by atoms with Gasteiger partial charge in [-0.1, -0.05) is 12.1 Å². The Kier molecular flexibility index (Phi) is 3.01. The number of hydrogen-bond donors (Lipinski definition) is 2. The van der Waals surface area contributed by atoms with Crippen LogP contribution in [-0.4, -0.2) is 4.98 Å². The molecule has 0 aliphatic heterocycles. The standard InChI is InChI=1S/C13H7FN4O/c14-8-3-1-2-7(4-8)11-9(5-15)12(17)18-13(19)10(11)6-16/h1-4H,(H3,17,18,19). The third-order valence-electron chi connectivity index (χ3n) is 2.58. The number of aromatic nitrogens is 1. The van der Waals surface area contributed by atoms with Crippen molar-refractivity contribution in [1.29, 1.82) is 10.5 Å². The van der Waals surface area contributed by atoms with Gasteiger partial charge in [0.1, 0.15) is 34.9 Å². The summed E-state index contributed by atoms with van der Waals surface area (Å²) in [5, 5.41) is 18.1. The van der Waals surface area contributed by atoms with Crippen molar-refractivity contribution < 1.29 is 4.39 Å². The number of aromatic amines is 1. The second-order valence-corrected chi connectivity index (χ2v) is 3.73. The Balaban J connectivity index is 2.94. The highest BCUT2D eigenvalue weighted by molar-refractivity contribution is 5.80. The van der Waals surface area contributed by atoms with Gasteiger partial charge in [0.05, 0.1) is 0 Å². The zero-order chi connectivity index (χ0) is 14.0. The van der Waals surface area contributed by atoms with Crippen LogP contribution in [0.4, 0.5) is 10.2 Å². The van der Waals surface area contributed by atoms with Crippen LogP contribution >= 0.6 is 0 Å². The van der Waals surface area contributed by atoms with Gasteiger partial charge in [0.15, 0.2) is 0 Å². The summed E-state index contributed by atoms with van der Waals surface area (Å²) in [5.41, 5.74) is 4.82. The van der Waals surface area contributed by atoms with E-state index < -0.39 is 11.4 Å². The number of pyridine rings is 1. The van der Waals surface area contributed by atoms with E-state index in [1.54, 1.807) is 6.07 Å². The maximum atomic E-state index is 13.2. The van der Waals surface area contributed by atoms with Crippen molar-refractivity contribution in [1.82, 2.24) is 4.98 Å². The van der Waals surface area contributed by atoms with Gasteiger partial charge in [-0.15, -0.1) is 0 Å². The molecule has 0 saturated heterocycles. The third kappa shape index (κ3) is 2.03. The number of H-pyrrole nitrogens is 1. The number of rotatable bonds is 1. The van der Waals surface area contributed by atoms with Crippen LogP contribution in [0.2, 0.25) is 0 Å². The first-order valence-corrected chi connectivity index (χ1v) is 5.20. The average Bonchev–Trinajstić information content (AvgIpc) is 2.38. The molecule has 0 amide bonds. The van der Waals surface area contributed by atoms with Gasteiger partial charge in [0.25, 0.3) is 5.56 Å². The van der Waals surface area contributed by atoms with Crippen molar-refractivity contribution in [3.8, 4) is 23.3 Å². The van der Waals surface area contributed by atoms with Gasteiger partial charge in [-0.2, -0.15) is 10.5 Å². The fourth-order valence-electron chi connectivity index (χ4n) is 1.78. The minimum Gasteiger partial charge on any atom is -0.384 e. The van der Waals surface area contributed by atoms with Crippen LogP contribution in [0.15, 0.2) is 29.1 Å². The number of nitrogens with one attached hydrogen (secondary N) is 1. The minimum absolute atomic E-state index is 0.0470. The van der Waals surface area contributed by atoms with Gasteiger partial charge in [0, 0.05) is 5.56 Å². The number of nitrogen functional groups attached to an aromatic ring is 1. The summed E-state index contributed by atoms with van der Waals surface area (Å²) in [6.07, 6.45) is 0. The lowest BCUT2D eigenvalue weighted by molar-refractivity contribution is 0.628. The van der Waals surface area contributed by atoms with Crippen molar-refractivity contribution in [2.45, 2.75) is 0 Å². The topological polar surface area (TPSA) is 106 Å². The average molecular weight is 254 g/mol. The highest BCUT2D eigenvalue weighted by Gasteiger charge is 2.18. The van der Waals surface area contributed by atoms with Gasteiger partial charge in [-0.05, 0) is 17.7 Å². The second kappa shape index (κ2) is 4.63. The van der Waals surface area contributed by atoms with Gasteiger partial charge in [-0.25, -0.2) is 4.39 Å². The smallest absolute Gasteiger partial charge is 0.268 e.